The lowest BCUT2D eigenvalue weighted by molar-refractivity contribution is 0.554. The van der Waals surface area contributed by atoms with E-state index in [9.17, 15) is 0 Å². The molecule has 4 heteroatoms. The molecule has 18 heavy (non-hydrogen) atoms. The van der Waals surface area contributed by atoms with Crippen LogP contribution in [-0.4, -0.2) is 17.3 Å². The summed E-state index contributed by atoms with van der Waals surface area (Å²) in [7, 11) is 0. The monoisotopic (exact) mass is 286 g/mol. The first-order valence-corrected chi connectivity index (χ1v) is 8.69. The van der Waals surface area contributed by atoms with Crippen molar-refractivity contribution in [3.05, 3.63) is 15.6 Å². The van der Waals surface area contributed by atoms with E-state index in [0.29, 0.717) is 5.92 Å². The first kappa shape index (κ1) is 16.0. The summed E-state index contributed by atoms with van der Waals surface area (Å²) in [6.07, 6.45) is 0. The fourth-order valence-electron chi connectivity index (χ4n) is 1.57. The third kappa shape index (κ3) is 6.21. The molecule has 1 heterocycles. The number of thioether (sulfide) groups is 1. The zero-order valence-corrected chi connectivity index (χ0v) is 13.9. The lowest BCUT2D eigenvalue weighted by atomic mass is 10.2. The van der Waals surface area contributed by atoms with E-state index in [2.05, 4.69) is 44.9 Å². The molecule has 1 aromatic rings. The predicted octanol–water partition coefficient (Wildman–Crippen LogP) is 4.09. The van der Waals surface area contributed by atoms with Crippen LogP contribution < -0.4 is 5.32 Å². The summed E-state index contributed by atoms with van der Waals surface area (Å²) in [5.74, 6) is 3.76. The number of aryl methyl sites for hydroxylation is 1. The van der Waals surface area contributed by atoms with Crippen LogP contribution in [0.5, 0.6) is 0 Å². The standard InChI is InChI=1S/C14H26N2S2/c1-10(2)6-15-7-13-12(5)16-14(18-13)9-17-8-11(3)4/h10-11,15H,6-9H2,1-5H3. The second-order valence-corrected chi connectivity index (χ2v) is 7.75. The normalized spacial score (nSPS) is 11.7. The maximum Gasteiger partial charge on any atom is 0.103 e. The number of aromatic nitrogens is 1. The summed E-state index contributed by atoms with van der Waals surface area (Å²) in [6.45, 7) is 13.2. The van der Waals surface area contributed by atoms with Gasteiger partial charge in [-0.15, -0.1) is 11.3 Å². The maximum absolute atomic E-state index is 4.66. The van der Waals surface area contributed by atoms with E-state index in [1.54, 1.807) is 0 Å². The summed E-state index contributed by atoms with van der Waals surface area (Å²) < 4.78 is 0. The molecule has 0 saturated heterocycles. The highest BCUT2D eigenvalue weighted by Gasteiger charge is 2.08. The van der Waals surface area contributed by atoms with E-state index in [1.807, 2.05) is 23.1 Å². The maximum atomic E-state index is 4.66. The Morgan fingerprint density at radius 2 is 1.94 bits per heavy atom. The highest BCUT2D eigenvalue weighted by atomic mass is 32.2. The van der Waals surface area contributed by atoms with Gasteiger partial charge in [0.25, 0.3) is 0 Å². The zero-order valence-electron chi connectivity index (χ0n) is 12.2. The first-order valence-electron chi connectivity index (χ1n) is 6.72. The Morgan fingerprint density at radius 3 is 2.56 bits per heavy atom. The molecule has 0 aliphatic carbocycles. The minimum atomic E-state index is 0.708. The van der Waals surface area contributed by atoms with Crippen LogP contribution in [0.25, 0.3) is 0 Å². The zero-order chi connectivity index (χ0) is 13.5. The van der Waals surface area contributed by atoms with Crippen molar-refractivity contribution in [1.82, 2.24) is 10.3 Å². The molecular formula is C14H26N2S2. The Labute approximate surface area is 120 Å². The molecule has 0 fully saturated rings. The number of hydrogen-bond donors (Lipinski definition) is 1. The van der Waals surface area contributed by atoms with Gasteiger partial charge in [0, 0.05) is 17.2 Å². The number of rotatable bonds is 8. The van der Waals surface area contributed by atoms with Gasteiger partial charge in [-0.3, -0.25) is 0 Å². The molecule has 0 bridgehead atoms. The van der Waals surface area contributed by atoms with Crippen molar-refractivity contribution < 1.29 is 0 Å². The summed E-state index contributed by atoms with van der Waals surface area (Å²) in [5.41, 5.74) is 1.21. The second kappa shape index (κ2) is 8.18. The van der Waals surface area contributed by atoms with Gasteiger partial charge in [0.1, 0.15) is 5.01 Å². The van der Waals surface area contributed by atoms with Gasteiger partial charge in [0.05, 0.1) is 5.69 Å². The van der Waals surface area contributed by atoms with E-state index in [4.69, 9.17) is 0 Å². The fourth-order valence-corrected chi connectivity index (χ4v) is 3.72. The molecule has 1 aromatic heterocycles. The van der Waals surface area contributed by atoms with Crippen molar-refractivity contribution in [1.29, 1.82) is 0 Å². The molecule has 0 spiro atoms. The molecule has 0 aliphatic rings. The highest BCUT2D eigenvalue weighted by molar-refractivity contribution is 7.98. The average Bonchev–Trinajstić information content (AvgIpc) is 2.58. The van der Waals surface area contributed by atoms with Crippen molar-refractivity contribution in [3.63, 3.8) is 0 Å². The number of thiazole rings is 1. The Hall–Kier alpha value is -0.0600. The van der Waals surface area contributed by atoms with Gasteiger partial charge in [-0.25, -0.2) is 4.98 Å². The summed E-state index contributed by atoms with van der Waals surface area (Å²) in [6, 6.07) is 0. The molecule has 2 nitrogen and oxygen atoms in total. The number of nitrogens with one attached hydrogen (secondary N) is 1. The Balaban J connectivity index is 2.38. The highest BCUT2D eigenvalue weighted by Crippen LogP contribution is 2.23. The van der Waals surface area contributed by atoms with Crippen LogP contribution >= 0.6 is 23.1 Å². The van der Waals surface area contributed by atoms with Gasteiger partial charge in [-0.2, -0.15) is 11.8 Å². The van der Waals surface area contributed by atoms with Gasteiger partial charge < -0.3 is 5.32 Å². The van der Waals surface area contributed by atoms with E-state index in [1.165, 1.54) is 21.3 Å². The van der Waals surface area contributed by atoms with Gasteiger partial charge in [0.15, 0.2) is 0 Å². The SMILES string of the molecule is Cc1nc(CSCC(C)C)sc1CNCC(C)C. The Morgan fingerprint density at radius 1 is 1.22 bits per heavy atom. The third-order valence-corrected chi connectivity index (χ3v) is 5.17. The molecule has 104 valence electrons. The van der Waals surface area contributed by atoms with Crippen molar-refractivity contribution in [2.45, 2.75) is 46.9 Å². The number of nitrogens with zero attached hydrogens (tertiary/aromatic N) is 1. The molecule has 0 amide bonds. The first-order chi connectivity index (χ1) is 8.49. The smallest absolute Gasteiger partial charge is 0.103 e. The van der Waals surface area contributed by atoms with Crippen molar-refractivity contribution >= 4 is 23.1 Å². The molecule has 1 N–H and O–H groups in total. The summed E-state index contributed by atoms with van der Waals surface area (Å²) in [4.78, 5) is 6.06. The summed E-state index contributed by atoms with van der Waals surface area (Å²) in [5, 5.41) is 4.77. The summed E-state index contributed by atoms with van der Waals surface area (Å²) >= 11 is 3.86. The minimum Gasteiger partial charge on any atom is -0.312 e. The van der Waals surface area contributed by atoms with Crippen LogP contribution in [0.15, 0.2) is 0 Å². The Kier molecular flexibility index (Phi) is 7.27. The minimum absolute atomic E-state index is 0.708. The lowest BCUT2D eigenvalue weighted by Gasteiger charge is -2.05. The molecule has 0 aliphatic heterocycles. The predicted molar refractivity (Wildman–Crippen MR) is 84.4 cm³/mol. The number of hydrogen-bond acceptors (Lipinski definition) is 4. The topological polar surface area (TPSA) is 24.9 Å². The van der Waals surface area contributed by atoms with Crippen LogP contribution in [0, 0.1) is 18.8 Å². The molecule has 0 saturated carbocycles. The second-order valence-electron chi connectivity index (χ2n) is 5.55. The molecule has 0 unspecified atom stereocenters. The van der Waals surface area contributed by atoms with E-state index in [-0.39, 0.29) is 0 Å². The largest absolute Gasteiger partial charge is 0.312 e. The fraction of sp³-hybridized carbons (Fsp3) is 0.786. The molecular weight excluding hydrogens is 260 g/mol. The molecule has 0 aromatic carbocycles. The van der Waals surface area contributed by atoms with Gasteiger partial charge in [-0.1, -0.05) is 27.7 Å². The van der Waals surface area contributed by atoms with E-state index >= 15 is 0 Å². The van der Waals surface area contributed by atoms with Crippen LogP contribution in [0.1, 0.15) is 43.3 Å². The molecule has 0 atom stereocenters. The van der Waals surface area contributed by atoms with Crippen molar-refractivity contribution in [2.75, 3.05) is 12.3 Å². The third-order valence-electron chi connectivity index (χ3n) is 2.45. The van der Waals surface area contributed by atoms with Gasteiger partial charge >= 0.3 is 0 Å². The Bertz CT molecular complexity index is 346. The van der Waals surface area contributed by atoms with Crippen LogP contribution in [-0.2, 0) is 12.3 Å². The quantitative estimate of drug-likeness (QED) is 0.779. The lowest BCUT2D eigenvalue weighted by Crippen LogP contribution is -2.18. The van der Waals surface area contributed by atoms with Crippen LogP contribution in [0.4, 0.5) is 0 Å². The van der Waals surface area contributed by atoms with E-state index in [0.717, 1.165) is 24.8 Å². The molecule has 1 rings (SSSR count). The van der Waals surface area contributed by atoms with E-state index < -0.39 is 0 Å². The van der Waals surface area contributed by atoms with Crippen LogP contribution in [0.3, 0.4) is 0 Å². The van der Waals surface area contributed by atoms with Crippen molar-refractivity contribution in [2.24, 2.45) is 11.8 Å². The van der Waals surface area contributed by atoms with Gasteiger partial charge in [-0.05, 0) is 31.1 Å². The molecule has 0 radical (unpaired) electrons. The van der Waals surface area contributed by atoms with Crippen LogP contribution in [0.2, 0.25) is 0 Å². The van der Waals surface area contributed by atoms with Crippen molar-refractivity contribution in [3.8, 4) is 0 Å². The van der Waals surface area contributed by atoms with Gasteiger partial charge in [0.2, 0.25) is 0 Å². The average molecular weight is 287 g/mol.